The molecule has 20 heavy (non-hydrogen) atoms. The second-order valence-electron chi connectivity index (χ2n) is 5.67. The van der Waals surface area contributed by atoms with Crippen molar-refractivity contribution in [3.63, 3.8) is 0 Å². The summed E-state index contributed by atoms with van der Waals surface area (Å²) < 4.78 is 10.8. The third kappa shape index (κ3) is 3.31. The maximum absolute atomic E-state index is 12.2. The number of benzene rings is 1. The van der Waals surface area contributed by atoms with Crippen molar-refractivity contribution in [1.82, 2.24) is 4.90 Å². The van der Waals surface area contributed by atoms with Crippen molar-refractivity contribution in [3.8, 4) is 5.75 Å². The Morgan fingerprint density at radius 2 is 1.90 bits per heavy atom. The minimum Gasteiger partial charge on any atom is -0.497 e. The highest BCUT2D eigenvalue weighted by Crippen LogP contribution is 2.24. The molecular formula is C16H23NO3. The Bertz CT molecular complexity index is 457. The molecule has 0 spiro atoms. The predicted molar refractivity (Wildman–Crippen MR) is 78.1 cm³/mol. The van der Waals surface area contributed by atoms with E-state index in [9.17, 15) is 4.79 Å². The van der Waals surface area contributed by atoms with Crippen molar-refractivity contribution < 1.29 is 14.3 Å². The van der Waals surface area contributed by atoms with E-state index < -0.39 is 0 Å². The first kappa shape index (κ1) is 14.9. The Kier molecular flexibility index (Phi) is 4.65. The van der Waals surface area contributed by atoms with Gasteiger partial charge in [0.15, 0.2) is 0 Å². The molecule has 2 rings (SSSR count). The molecule has 0 aliphatic carbocycles. The molecule has 1 aromatic rings. The van der Waals surface area contributed by atoms with Crippen molar-refractivity contribution in [2.75, 3.05) is 20.7 Å². The fourth-order valence-electron chi connectivity index (χ4n) is 2.60. The largest absolute Gasteiger partial charge is 0.497 e. The summed E-state index contributed by atoms with van der Waals surface area (Å²) in [6, 6.07) is 7.48. The number of methoxy groups -OCH3 is 1. The van der Waals surface area contributed by atoms with E-state index in [0.29, 0.717) is 17.5 Å². The number of piperidine rings is 1. The number of carbonyl (C=O) groups is 1. The zero-order chi connectivity index (χ0) is 14.7. The van der Waals surface area contributed by atoms with Crippen LogP contribution in [0.2, 0.25) is 0 Å². The van der Waals surface area contributed by atoms with E-state index in [-0.39, 0.29) is 12.1 Å². The molecule has 1 fully saturated rings. The van der Waals surface area contributed by atoms with E-state index in [1.54, 1.807) is 31.4 Å². The predicted octanol–water partition coefficient (Wildman–Crippen LogP) is 2.58. The first-order valence-corrected chi connectivity index (χ1v) is 7.06. The Morgan fingerprint density at radius 3 is 2.50 bits per heavy atom. The summed E-state index contributed by atoms with van der Waals surface area (Å²) in [5, 5.41) is 0. The molecule has 1 saturated heterocycles. The monoisotopic (exact) mass is 277 g/mol. The van der Waals surface area contributed by atoms with Gasteiger partial charge in [-0.15, -0.1) is 0 Å². The quantitative estimate of drug-likeness (QED) is 0.796. The van der Waals surface area contributed by atoms with Gasteiger partial charge < -0.3 is 14.4 Å². The maximum atomic E-state index is 12.2. The lowest BCUT2D eigenvalue weighted by atomic mass is 9.92. The number of esters is 1. The molecule has 1 aromatic carbocycles. The summed E-state index contributed by atoms with van der Waals surface area (Å²) in [4.78, 5) is 14.5. The molecule has 0 N–H and O–H groups in total. The lowest BCUT2D eigenvalue weighted by Crippen LogP contribution is -2.46. The number of likely N-dealkylation sites (tertiary alicyclic amines) is 1. The van der Waals surface area contributed by atoms with Gasteiger partial charge in [-0.2, -0.15) is 0 Å². The average Bonchev–Trinajstić information content (AvgIpc) is 2.44. The zero-order valence-electron chi connectivity index (χ0n) is 12.6. The smallest absolute Gasteiger partial charge is 0.338 e. The fraction of sp³-hybridized carbons (Fsp3) is 0.562. The van der Waals surface area contributed by atoms with Gasteiger partial charge in [-0.25, -0.2) is 4.79 Å². The molecular weight excluding hydrogens is 254 g/mol. The molecule has 0 amide bonds. The summed E-state index contributed by atoms with van der Waals surface area (Å²) in [6.45, 7) is 5.26. The summed E-state index contributed by atoms with van der Waals surface area (Å²) in [5.74, 6) is 0.850. The summed E-state index contributed by atoms with van der Waals surface area (Å²) in [7, 11) is 3.72. The van der Waals surface area contributed by atoms with Gasteiger partial charge in [-0.1, -0.05) is 6.92 Å². The Balaban J connectivity index is 1.99. The summed E-state index contributed by atoms with van der Waals surface area (Å²) in [5.41, 5.74) is 0.574. The van der Waals surface area contributed by atoms with Gasteiger partial charge in [0.25, 0.3) is 0 Å². The van der Waals surface area contributed by atoms with Crippen LogP contribution in [0, 0.1) is 5.92 Å². The van der Waals surface area contributed by atoms with Gasteiger partial charge in [0, 0.05) is 18.5 Å². The van der Waals surface area contributed by atoms with Crippen molar-refractivity contribution >= 4 is 5.97 Å². The van der Waals surface area contributed by atoms with Gasteiger partial charge in [-0.05, 0) is 44.7 Å². The van der Waals surface area contributed by atoms with Crippen molar-refractivity contribution in [2.45, 2.75) is 32.4 Å². The van der Waals surface area contributed by atoms with Crippen molar-refractivity contribution in [2.24, 2.45) is 5.92 Å². The van der Waals surface area contributed by atoms with E-state index in [4.69, 9.17) is 9.47 Å². The molecule has 0 saturated carbocycles. The van der Waals surface area contributed by atoms with Gasteiger partial charge in [0.05, 0.1) is 12.7 Å². The van der Waals surface area contributed by atoms with Crippen LogP contribution in [-0.4, -0.2) is 43.7 Å². The maximum Gasteiger partial charge on any atom is 0.338 e. The molecule has 110 valence electrons. The van der Waals surface area contributed by atoms with Crippen LogP contribution in [0.4, 0.5) is 0 Å². The third-order valence-electron chi connectivity index (χ3n) is 4.12. The van der Waals surface area contributed by atoms with Crippen LogP contribution >= 0.6 is 0 Å². The van der Waals surface area contributed by atoms with E-state index >= 15 is 0 Å². The molecule has 0 radical (unpaired) electrons. The minimum absolute atomic E-state index is 0.00389. The number of hydrogen-bond acceptors (Lipinski definition) is 4. The molecule has 1 aliphatic heterocycles. The second kappa shape index (κ2) is 6.27. The number of rotatable bonds is 3. The highest BCUT2D eigenvalue weighted by atomic mass is 16.5. The molecule has 1 heterocycles. The molecule has 1 aliphatic rings. The van der Waals surface area contributed by atoms with E-state index in [1.807, 2.05) is 0 Å². The van der Waals surface area contributed by atoms with E-state index in [0.717, 1.165) is 18.7 Å². The number of carbonyl (C=O) groups excluding carboxylic acids is 1. The SMILES string of the molecule is COc1ccc(C(=O)O[C@@H]2C[C@H](C)N(C)C[C@@H]2C)cc1. The van der Waals surface area contributed by atoms with Crippen LogP contribution in [0.15, 0.2) is 24.3 Å². The Labute approximate surface area is 120 Å². The topological polar surface area (TPSA) is 38.8 Å². The van der Waals surface area contributed by atoms with Crippen LogP contribution in [0.25, 0.3) is 0 Å². The molecule has 3 atom stereocenters. The van der Waals surface area contributed by atoms with Gasteiger partial charge in [0.1, 0.15) is 11.9 Å². The van der Waals surface area contributed by atoms with Crippen LogP contribution in [-0.2, 0) is 4.74 Å². The summed E-state index contributed by atoms with van der Waals surface area (Å²) >= 11 is 0. The van der Waals surface area contributed by atoms with Crippen molar-refractivity contribution in [1.29, 1.82) is 0 Å². The van der Waals surface area contributed by atoms with Gasteiger partial charge >= 0.3 is 5.97 Å². The number of hydrogen-bond donors (Lipinski definition) is 0. The highest BCUT2D eigenvalue weighted by Gasteiger charge is 2.31. The average molecular weight is 277 g/mol. The zero-order valence-corrected chi connectivity index (χ0v) is 12.6. The van der Waals surface area contributed by atoms with Crippen molar-refractivity contribution in [3.05, 3.63) is 29.8 Å². The number of nitrogens with zero attached hydrogens (tertiary/aromatic N) is 1. The van der Waals surface area contributed by atoms with Crippen LogP contribution in [0.3, 0.4) is 0 Å². The van der Waals surface area contributed by atoms with Gasteiger partial charge in [-0.3, -0.25) is 0 Å². The summed E-state index contributed by atoms with van der Waals surface area (Å²) in [6.07, 6.45) is 0.885. The molecule has 0 aromatic heterocycles. The Morgan fingerprint density at radius 1 is 1.25 bits per heavy atom. The molecule has 0 unspecified atom stereocenters. The minimum atomic E-state index is -0.249. The first-order chi connectivity index (χ1) is 9.51. The second-order valence-corrected chi connectivity index (χ2v) is 5.67. The highest BCUT2D eigenvalue weighted by molar-refractivity contribution is 5.89. The van der Waals surface area contributed by atoms with Crippen LogP contribution < -0.4 is 4.74 Å². The standard InChI is InChI=1S/C16H23NO3/c1-11-10-17(3)12(2)9-15(11)20-16(18)13-5-7-14(19-4)8-6-13/h5-8,11-12,15H,9-10H2,1-4H3/t11-,12-,15+/m0/s1. The van der Waals surface area contributed by atoms with E-state index in [2.05, 4.69) is 25.8 Å². The lowest BCUT2D eigenvalue weighted by Gasteiger charge is -2.39. The van der Waals surface area contributed by atoms with Gasteiger partial charge in [0.2, 0.25) is 0 Å². The lowest BCUT2D eigenvalue weighted by molar-refractivity contribution is -0.0196. The van der Waals surface area contributed by atoms with E-state index in [1.165, 1.54) is 0 Å². The molecule has 4 heteroatoms. The van der Waals surface area contributed by atoms with Crippen LogP contribution in [0.1, 0.15) is 30.6 Å². The normalized spacial score (nSPS) is 27.1. The first-order valence-electron chi connectivity index (χ1n) is 7.06. The number of ether oxygens (including phenoxy) is 2. The van der Waals surface area contributed by atoms with Crippen LogP contribution in [0.5, 0.6) is 5.75 Å². The molecule has 4 nitrogen and oxygen atoms in total. The fourth-order valence-corrected chi connectivity index (χ4v) is 2.60. The third-order valence-corrected chi connectivity index (χ3v) is 4.12. The molecule has 0 bridgehead atoms. The Hall–Kier alpha value is -1.55.